The van der Waals surface area contributed by atoms with Crippen LogP contribution in [0.1, 0.15) is 20.8 Å². The SMILES string of the molecule is C#CCNNC(C)(C)C. The second kappa shape index (κ2) is 3.49. The normalized spacial score (nSPS) is 10.9. The zero-order valence-electron chi connectivity index (χ0n) is 6.28. The number of hydrazine groups is 1. The van der Waals surface area contributed by atoms with Crippen LogP contribution in [0, 0.1) is 12.3 Å². The van der Waals surface area contributed by atoms with E-state index in [4.69, 9.17) is 6.42 Å². The summed E-state index contributed by atoms with van der Waals surface area (Å²) in [5, 5.41) is 0. The molecule has 0 aromatic heterocycles. The lowest BCUT2D eigenvalue weighted by atomic mass is 10.1. The summed E-state index contributed by atoms with van der Waals surface area (Å²) in [6.07, 6.45) is 5.01. The average Bonchev–Trinajstić information content (AvgIpc) is 1.63. The van der Waals surface area contributed by atoms with Crippen LogP contribution in [-0.2, 0) is 0 Å². The monoisotopic (exact) mass is 126 g/mol. The first-order chi connectivity index (χ1) is 4.06. The Hall–Kier alpha value is -0.520. The summed E-state index contributed by atoms with van der Waals surface area (Å²) >= 11 is 0. The van der Waals surface area contributed by atoms with Crippen molar-refractivity contribution in [1.29, 1.82) is 0 Å². The summed E-state index contributed by atoms with van der Waals surface area (Å²) in [6.45, 7) is 6.76. The molecule has 0 aromatic rings. The molecule has 0 aromatic carbocycles. The Balaban J connectivity index is 3.20. The first-order valence-corrected chi connectivity index (χ1v) is 3.00. The van der Waals surface area contributed by atoms with E-state index >= 15 is 0 Å². The first kappa shape index (κ1) is 8.48. The lowest BCUT2D eigenvalue weighted by Crippen LogP contribution is -2.45. The molecule has 0 unspecified atom stereocenters. The molecule has 0 saturated heterocycles. The fourth-order valence-corrected chi connectivity index (χ4v) is 0.360. The minimum Gasteiger partial charge on any atom is -0.252 e. The molecule has 0 aliphatic heterocycles. The van der Waals surface area contributed by atoms with Crippen molar-refractivity contribution in [1.82, 2.24) is 10.9 Å². The third-order valence-corrected chi connectivity index (χ3v) is 0.654. The largest absolute Gasteiger partial charge is 0.252 e. The maximum absolute atomic E-state index is 5.01. The predicted octanol–water partition coefficient (Wildman–Crippen LogP) is 0.512. The van der Waals surface area contributed by atoms with E-state index in [9.17, 15) is 0 Å². The topological polar surface area (TPSA) is 24.1 Å². The zero-order chi connectivity index (χ0) is 7.33. The number of terminal acetylenes is 1. The van der Waals surface area contributed by atoms with Crippen LogP contribution < -0.4 is 10.9 Å². The van der Waals surface area contributed by atoms with Crippen LogP contribution in [0.4, 0.5) is 0 Å². The third-order valence-electron chi connectivity index (χ3n) is 0.654. The molecule has 0 aliphatic carbocycles. The molecule has 2 N–H and O–H groups in total. The van der Waals surface area contributed by atoms with Gasteiger partial charge in [-0.3, -0.25) is 5.43 Å². The molecule has 2 nitrogen and oxygen atoms in total. The van der Waals surface area contributed by atoms with Gasteiger partial charge in [-0.2, -0.15) is 0 Å². The van der Waals surface area contributed by atoms with Crippen molar-refractivity contribution >= 4 is 0 Å². The lowest BCUT2D eigenvalue weighted by Gasteiger charge is -2.19. The summed E-state index contributed by atoms with van der Waals surface area (Å²) in [5.74, 6) is 2.47. The van der Waals surface area contributed by atoms with E-state index in [1.807, 2.05) is 0 Å². The highest BCUT2D eigenvalue weighted by molar-refractivity contribution is 4.86. The molecule has 0 saturated carbocycles. The smallest absolute Gasteiger partial charge is 0.0709 e. The van der Waals surface area contributed by atoms with Gasteiger partial charge in [0.05, 0.1) is 6.54 Å². The van der Waals surface area contributed by atoms with Gasteiger partial charge in [0.1, 0.15) is 0 Å². The average molecular weight is 126 g/mol. The van der Waals surface area contributed by atoms with E-state index in [0.29, 0.717) is 6.54 Å². The fourth-order valence-electron chi connectivity index (χ4n) is 0.360. The van der Waals surface area contributed by atoms with Crippen molar-refractivity contribution in [3.05, 3.63) is 0 Å². The van der Waals surface area contributed by atoms with Crippen molar-refractivity contribution in [3.8, 4) is 12.3 Å². The Kier molecular flexibility index (Phi) is 3.29. The second-order valence-electron chi connectivity index (χ2n) is 2.93. The Morgan fingerprint density at radius 1 is 1.44 bits per heavy atom. The van der Waals surface area contributed by atoms with Crippen molar-refractivity contribution in [3.63, 3.8) is 0 Å². The highest BCUT2D eigenvalue weighted by Crippen LogP contribution is 1.94. The zero-order valence-corrected chi connectivity index (χ0v) is 6.28. The maximum atomic E-state index is 5.01. The Labute approximate surface area is 57.0 Å². The van der Waals surface area contributed by atoms with Crippen molar-refractivity contribution < 1.29 is 0 Å². The molecule has 9 heavy (non-hydrogen) atoms. The summed E-state index contributed by atoms with van der Waals surface area (Å²) in [5.41, 5.74) is 6.01. The molecule has 0 rings (SSSR count). The fraction of sp³-hybridized carbons (Fsp3) is 0.714. The van der Waals surface area contributed by atoms with Gasteiger partial charge in [-0.25, -0.2) is 5.43 Å². The first-order valence-electron chi connectivity index (χ1n) is 3.00. The van der Waals surface area contributed by atoms with Crippen LogP contribution >= 0.6 is 0 Å². The minimum absolute atomic E-state index is 0.0941. The van der Waals surface area contributed by atoms with E-state index in [1.165, 1.54) is 0 Å². The number of nitrogens with one attached hydrogen (secondary N) is 2. The van der Waals surface area contributed by atoms with Gasteiger partial charge < -0.3 is 0 Å². The van der Waals surface area contributed by atoms with E-state index in [0.717, 1.165) is 0 Å². The molecule has 2 heteroatoms. The van der Waals surface area contributed by atoms with Crippen LogP contribution in [0.15, 0.2) is 0 Å². The van der Waals surface area contributed by atoms with Crippen molar-refractivity contribution in [2.24, 2.45) is 0 Å². The third kappa shape index (κ3) is 7.48. The number of hydrogen-bond donors (Lipinski definition) is 2. The standard InChI is InChI=1S/C7H14N2/c1-5-6-8-9-7(2,3)4/h1,8-9H,6H2,2-4H3. The van der Waals surface area contributed by atoms with Crippen LogP contribution in [0.5, 0.6) is 0 Å². The van der Waals surface area contributed by atoms with Crippen LogP contribution in [0.3, 0.4) is 0 Å². The number of hydrogen-bond acceptors (Lipinski definition) is 2. The van der Waals surface area contributed by atoms with Crippen LogP contribution in [-0.4, -0.2) is 12.1 Å². The van der Waals surface area contributed by atoms with Gasteiger partial charge >= 0.3 is 0 Å². The lowest BCUT2D eigenvalue weighted by molar-refractivity contribution is 0.371. The van der Waals surface area contributed by atoms with Gasteiger partial charge in [-0.1, -0.05) is 5.92 Å². The Morgan fingerprint density at radius 2 is 2.00 bits per heavy atom. The Bertz CT molecular complexity index is 105. The molecule has 0 radical (unpaired) electrons. The molecule has 52 valence electrons. The summed E-state index contributed by atoms with van der Waals surface area (Å²) in [7, 11) is 0. The minimum atomic E-state index is 0.0941. The Morgan fingerprint density at radius 3 is 2.33 bits per heavy atom. The second-order valence-corrected chi connectivity index (χ2v) is 2.93. The van der Waals surface area contributed by atoms with Gasteiger partial charge in [0.15, 0.2) is 0 Å². The summed E-state index contributed by atoms with van der Waals surface area (Å²) < 4.78 is 0. The van der Waals surface area contributed by atoms with E-state index in [1.54, 1.807) is 0 Å². The van der Waals surface area contributed by atoms with E-state index in [-0.39, 0.29) is 5.54 Å². The van der Waals surface area contributed by atoms with Gasteiger partial charge in [0.25, 0.3) is 0 Å². The van der Waals surface area contributed by atoms with Gasteiger partial charge in [-0.05, 0) is 20.8 Å². The van der Waals surface area contributed by atoms with Gasteiger partial charge in [0, 0.05) is 5.54 Å². The van der Waals surface area contributed by atoms with Crippen molar-refractivity contribution in [2.45, 2.75) is 26.3 Å². The molecule has 0 fully saturated rings. The molecule has 0 bridgehead atoms. The molecular formula is C7H14N2. The molecule has 0 amide bonds. The quantitative estimate of drug-likeness (QED) is 0.320. The van der Waals surface area contributed by atoms with Gasteiger partial charge in [0.2, 0.25) is 0 Å². The molecular weight excluding hydrogens is 112 g/mol. The molecule has 0 heterocycles. The van der Waals surface area contributed by atoms with Gasteiger partial charge in [-0.15, -0.1) is 6.42 Å². The van der Waals surface area contributed by atoms with Crippen molar-refractivity contribution in [2.75, 3.05) is 6.54 Å². The molecule has 0 atom stereocenters. The highest BCUT2D eigenvalue weighted by atomic mass is 15.4. The molecule has 0 spiro atoms. The van der Waals surface area contributed by atoms with Crippen LogP contribution in [0.2, 0.25) is 0 Å². The maximum Gasteiger partial charge on any atom is 0.0709 e. The predicted molar refractivity (Wildman–Crippen MR) is 39.7 cm³/mol. The summed E-state index contributed by atoms with van der Waals surface area (Å²) in [4.78, 5) is 0. The van der Waals surface area contributed by atoms with Crippen LogP contribution in [0.25, 0.3) is 0 Å². The summed E-state index contributed by atoms with van der Waals surface area (Å²) in [6, 6.07) is 0. The van der Waals surface area contributed by atoms with E-state index in [2.05, 4.69) is 37.5 Å². The number of rotatable bonds is 2. The van der Waals surface area contributed by atoms with E-state index < -0.39 is 0 Å². The molecule has 0 aliphatic rings. The highest BCUT2D eigenvalue weighted by Gasteiger charge is 2.05.